The van der Waals surface area contributed by atoms with Crippen LogP contribution in [0.15, 0.2) is 29.4 Å². The summed E-state index contributed by atoms with van der Waals surface area (Å²) in [6.07, 6.45) is -2.64. The predicted octanol–water partition coefficient (Wildman–Crippen LogP) is 4.93. The number of unbranched alkanes of at least 4 members (excludes halogenated alkanes) is 1. The second-order valence-electron chi connectivity index (χ2n) is 5.98. The maximum Gasteiger partial charge on any atom is 0.573 e. The summed E-state index contributed by atoms with van der Waals surface area (Å²) in [4.78, 5) is 16.6. The molecule has 0 aliphatic carbocycles. The van der Waals surface area contributed by atoms with E-state index >= 15 is 0 Å². The van der Waals surface area contributed by atoms with Crippen molar-refractivity contribution in [1.82, 2.24) is 9.55 Å². The average molecular weight is 401 g/mol. The molecule has 1 N–H and O–H groups in total. The van der Waals surface area contributed by atoms with Crippen molar-refractivity contribution in [2.24, 2.45) is 0 Å². The van der Waals surface area contributed by atoms with Gasteiger partial charge in [-0.05, 0) is 44.5 Å². The maximum atomic E-state index is 12.2. The predicted molar refractivity (Wildman–Crippen MR) is 99.1 cm³/mol. The third kappa shape index (κ3) is 6.50. The zero-order valence-electron chi connectivity index (χ0n) is 15.4. The molecule has 2 rings (SSSR count). The number of imidazole rings is 1. The molecule has 0 radical (unpaired) electrons. The molecule has 9 heteroatoms. The SMILES string of the molecule is CCCCn1c(SCC(=O)Nc2ccc(OC(F)(F)F)cc2)nc(C)c1C. The maximum absolute atomic E-state index is 12.2. The number of amides is 1. The third-order valence-corrected chi connectivity index (χ3v) is 4.84. The lowest BCUT2D eigenvalue weighted by atomic mass is 10.3. The molecule has 0 aliphatic heterocycles. The summed E-state index contributed by atoms with van der Waals surface area (Å²) in [6.45, 7) is 6.91. The first-order valence-corrected chi connectivity index (χ1v) is 9.50. The van der Waals surface area contributed by atoms with E-state index in [-0.39, 0.29) is 17.4 Å². The first-order chi connectivity index (χ1) is 12.7. The molecule has 0 unspecified atom stereocenters. The van der Waals surface area contributed by atoms with Crippen molar-refractivity contribution >= 4 is 23.4 Å². The van der Waals surface area contributed by atoms with E-state index < -0.39 is 6.36 Å². The molecule has 0 aliphatic rings. The van der Waals surface area contributed by atoms with E-state index in [1.165, 1.54) is 23.9 Å². The van der Waals surface area contributed by atoms with Crippen molar-refractivity contribution in [3.8, 4) is 5.75 Å². The molecule has 0 saturated carbocycles. The van der Waals surface area contributed by atoms with Gasteiger partial charge in [-0.3, -0.25) is 4.79 Å². The fraction of sp³-hybridized carbons (Fsp3) is 0.444. The van der Waals surface area contributed by atoms with Crippen molar-refractivity contribution in [2.75, 3.05) is 11.1 Å². The minimum atomic E-state index is -4.74. The molecule has 5 nitrogen and oxygen atoms in total. The Hall–Kier alpha value is -2.16. The van der Waals surface area contributed by atoms with Crippen LogP contribution in [0, 0.1) is 13.8 Å². The van der Waals surface area contributed by atoms with Gasteiger partial charge in [-0.1, -0.05) is 25.1 Å². The smallest absolute Gasteiger partial charge is 0.406 e. The van der Waals surface area contributed by atoms with Gasteiger partial charge < -0.3 is 14.6 Å². The highest BCUT2D eigenvalue weighted by molar-refractivity contribution is 7.99. The van der Waals surface area contributed by atoms with E-state index in [2.05, 4.69) is 26.5 Å². The van der Waals surface area contributed by atoms with Crippen LogP contribution in [0.5, 0.6) is 5.75 Å². The normalized spacial score (nSPS) is 11.5. The minimum Gasteiger partial charge on any atom is -0.406 e. The Morgan fingerprint density at radius 3 is 2.52 bits per heavy atom. The number of nitrogens with one attached hydrogen (secondary N) is 1. The molecule has 0 saturated heterocycles. The van der Waals surface area contributed by atoms with Crippen molar-refractivity contribution in [3.63, 3.8) is 0 Å². The lowest BCUT2D eigenvalue weighted by Gasteiger charge is -2.10. The summed E-state index contributed by atoms with van der Waals surface area (Å²) in [5.74, 6) is -0.438. The Kier molecular flexibility index (Phi) is 7.18. The van der Waals surface area contributed by atoms with Gasteiger partial charge in [0.1, 0.15) is 5.75 Å². The Bertz CT molecular complexity index is 773. The molecular weight excluding hydrogens is 379 g/mol. The minimum absolute atomic E-state index is 0.156. The van der Waals surface area contributed by atoms with Crippen LogP contribution in [-0.4, -0.2) is 27.6 Å². The number of carbonyl (C=O) groups is 1. The summed E-state index contributed by atoms with van der Waals surface area (Å²) in [5, 5.41) is 3.45. The number of aryl methyl sites for hydroxylation is 1. The molecule has 0 fully saturated rings. The van der Waals surface area contributed by atoms with Gasteiger partial charge in [0.2, 0.25) is 5.91 Å². The number of anilines is 1. The van der Waals surface area contributed by atoms with Gasteiger partial charge in [0.05, 0.1) is 11.4 Å². The van der Waals surface area contributed by atoms with Crippen LogP contribution >= 0.6 is 11.8 Å². The highest BCUT2D eigenvalue weighted by Gasteiger charge is 2.30. The Morgan fingerprint density at radius 2 is 1.93 bits per heavy atom. The number of benzene rings is 1. The lowest BCUT2D eigenvalue weighted by molar-refractivity contribution is -0.274. The fourth-order valence-electron chi connectivity index (χ4n) is 2.38. The van der Waals surface area contributed by atoms with Crippen LogP contribution in [0.3, 0.4) is 0 Å². The Morgan fingerprint density at radius 1 is 1.26 bits per heavy atom. The van der Waals surface area contributed by atoms with Gasteiger partial charge in [0.25, 0.3) is 0 Å². The largest absolute Gasteiger partial charge is 0.573 e. The van der Waals surface area contributed by atoms with E-state index in [0.29, 0.717) is 5.69 Å². The molecule has 1 amide bonds. The van der Waals surface area contributed by atoms with Gasteiger partial charge in [0.15, 0.2) is 5.16 Å². The third-order valence-electron chi connectivity index (χ3n) is 3.86. The van der Waals surface area contributed by atoms with Gasteiger partial charge in [0, 0.05) is 17.9 Å². The monoisotopic (exact) mass is 401 g/mol. The molecule has 0 spiro atoms. The van der Waals surface area contributed by atoms with Gasteiger partial charge in [-0.2, -0.15) is 0 Å². The fourth-order valence-corrected chi connectivity index (χ4v) is 3.30. The number of rotatable bonds is 8. The lowest BCUT2D eigenvalue weighted by Crippen LogP contribution is -2.17. The molecule has 148 valence electrons. The van der Waals surface area contributed by atoms with Crippen LogP contribution in [0.4, 0.5) is 18.9 Å². The number of hydrogen-bond acceptors (Lipinski definition) is 4. The summed E-state index contributed by atoms with van der Waals surface area (Å²) in [6, 6.07) is 5.03. The number of halogens is 3. The quantitative estimate of drug-likeness (QED) is 0.638. The first-order valence-electron chi connectivity index (χ1n) is 8.51. The van der Waals surface area contributed by atoms with Crippen molar-refractivity contribution in [1.29, 1.82) is 0 Å². The van der Waals surface area contributed by atoms with Gasteiger partial charge in [-0.15, -0.1) is 13.2 Å². The molecule has 27 heavy (non-hydrogen) atoms. The molecule has 1 heterocycles. The van der Waals surface area contributed by atoms with Crippen LogP contribution in [0.2, 0.25) is 0 Å². The van der Waals surface area contributed by atoms with E-state index in [9.17, 15) is 18.0 Å². The molecule has 1 aromatic carbocycles. The standard InChI is InChI=1S/C18H22F3N3O2S/c1-4-5-10-24-13(3)12(2)22-17(24)27-11-16(25)23-14-6-8-15(9-7-14)26-18(19,20)21/h6-9H,4-5,10-11H2,1-3H3,(H,23,25). The van der Waals surface area contributed by atoms with Crippen molar-refractivity contribution in [2.45, 2.75) is 51.7 Å². The van der Waals surface area contributed by atoms with Crippen LogP contribution in [0.1, 0.15) is 31.2 Å². The highest BCUT2D eigenvalue weighted by Crippen LogP contribution is 2.25. The number of thioether (sulfide) groups is 1. The number of hydrogen-bond donors (Lipinski definition) is 1. The van der Waals surface area contributed by atoms with Gasteiger partial charge >= 0.3 is 6.36 Å². The number of aromatic nitrogens is 2. The number of carbonyl (C=O) groups excluding carboxylic acids is 1. The first kappa shape index (κ1) is 21.1. The van der Waals surface area contributed by atoms with E-state index in [4.69, 9.17) is 0 Å². The highest BCUT2D eigenvalue weighted by atomic mass is 32.2. The summed E-state index contributed by atoms with van der Waals surface area (Å²) < 4.78 is 42.4. The van der Waals surface area contributed by atoms with E-state index in [1.54, 1.807) is 0 Å². The van der Waals surface area contributed by atoms with Crippen molar-refractivity contribution in [3.05, 3.63) is 35.7 Å². The molecule has 2 aromatic rings. The van der Waals surface area contributed by atoms with Crippen molar-refractivity contribution < 1.29 is 22.7 Å². The van der Waals surface area contributed by atoms with Crippen LogP contribution in [0.25, 0.3) is 0 Å². The summed E-state index contributed by atoms with van der Waals surface area (Å²) in [7, 11) is 0. The molecule has 0 atom stereocenters. The second-order valence-corrected chi connectivity index (χ2v) is 6.92. The van der Waals surface area contributed by atoms with Crippen LogP contribution in [-0.2, 0) is 11.3 Å². The Labute approximate surface area is 160 Å². The number of ether oxygens (including phenoxy) is 1. The zero-order valence-corrected chi connectivity index (χ0v) is 16.2. The molecule has 0 bridgehead atoms. The number of nitrogens with zero attached hydrogens (tertiary/aromatic N) is 2. The number of alkyl halides is 3. The van der Waals surface area contributed by atoms with Crippen LogP contribution < -0.4 is 10.1 Å². The molecule has 1 aromatic heterocycles. The Balaban J connectivity index is 1.92. The summed E-state index contributed by atoms with van der Waals surface area (Å²) in [5.41, 5.74) is 2.43. The van der Waals surface area contributed by atoms with E-state index in [0.717, 1.165) is 48.1 Å². The molecular formula is C18H22F3N3O2S. The second kappa shape index (κ2) is 9.16. The zero-order chi connectivity index (χ0) is 20.0. The summed E-state index contributed by atoms with van der Waals surface area (Å²) >= 11 is 1.34. The average Bonchev–Trinajstić information content (AvgIpc) is 2.86. The van der Waals surface area contributed by atoms with Gasteiger partial charge in [-0.25, -0.2) is 4.98 Å². The van der Waals surface area contributed by atoms with E-state index in [1.807, 2.05) is 13.8 Å². The topological polar surface area (TPSA) is 56.2 Å².